The molecular formula is C55H38N4O. The van der Waals surface area contributed by atoms with E-state index in [1.807, 2.05) is 60.7 Å². The number of anilines is 3. The Kier molecular flexibility index (Phi) is 8.56. The quantitative estimate of drug-likeness (QED) is 0.151. The molecule has 284 valence electrons. The first-order chi connectivity index (χ1) is 29.7. The van der Waals surface area contributed by atoms with Crippen LogP contribution in [-0.2, 0) is 0 Å². The molecule has 1 aliphatic rings. The first-order valence-corrected chi connectivity index (χ1v) is 20.2. The van der Waals surface area contributed by atoms with Crippen molar-refractivity contribution in [3.8, 4) is 33.8 Å². The van der Waals surface area contributed by atoms with Gasteiger partial charge in [0.15, 0.2) is 11.5 Å². The highest BCUT2D eigenvalue weighted by Crippen LogP contribution is 2.52. The van der Waals surface area contributed by atoms with Gasteiger partial charge in [0.2, 0.25) is 0 Å². The summed E-state index contributed by atoms with van der Waals surface area (Å²) < 4.78 is 8.74. The number of allylic oxidation sites excluding steroid dienone is 1. The summed E-state index contributed by atoms with van der Waals surface area (Å²) in [6, 6.07) is 73.7. The predicted octanol–water partition coefficient (Wildman–Crippen LogP) is 14.5. The molecule has 0 saturated carbocycles. The van der Waals surface area contributed by atoms with E-state index in [2.05, 4.69) is 173 Å². The van der Waals surface area contributed by atoms with Crippen molar-refractivity contribution in [2.75, 3.05) is 10.3 Å². The molecule has 0 saturated heterocycles. The summed E-state index contributed by atoms with van der Waals surface area (Å²) >= 11 is 0. The molecule has 0 atom stereocenters. The van der Waals surface area contributed by atoms with E-state index in [1.165, 1.54) is 10.8 Å². The first-order valence-electron chi connectivity index (χ1n) is 20.2. The maximum atomic E-state index is 9.26. The summed E-state index contributed by atoms with van der Waals surface area (Å²) in [5.74, 6) is 1.63. The normalized spacial score (nSPS) is 12.3. The van der Waals surface area contributed by atoms with Crippen LogP contribution in [0.3, 0.4) is 0 Å². The minimum atomic E-state index is 0.415. The number of nitrogens with zero attached hydrogens (tertiary/aromatic N) is 2. The van der Waals surface area contributed by atoms with Gasteiger partial charge in [0, 0.05) is 16.5 Å². The molecule has 0 radical (unpaired) electrons. The van der Waals surface area contributed by atoms with E-state index >= 15 is 0 Å². The summed E-state index contributed by atoms with van der Waals surface area (Å²) in [5, 5.41) is 13.9. The molecule has 0 amide bonds. The lowest BCUT2D eigenvalue weighted by molar-refractivity contribution is 0.477. The number of aromatic nitrogens is 1. The van der Waals surface area contributed by atoms with Crippen LogP contribution in [-0.4, -0.2) is 10.4 Å². The Morgan fingerprint density at radius 3 is 1.95 bits per heavy atom. The highest BCUT2D eigenvalue weighted by molar-refractivity contribution is 6.25. The maximum absolute atomic E-state index is 9.26. The van der Waals surface area contributed by atoms with E-state index in [9.17, 15) is 5.41 Å². The molecule has 0 spiro atoms. The van der Waals surface area contributed by atoms with Crippen molar-refractivity contribution in [2.24, 2.45) is 0 Å². The Balaban J connectivity index is 1.11. The fourth-order valence-corrected chi connectivity index (χ4v) is 8.59. The second-order valence-electron chi connectivity index (χ2n) is 15.0. The summed E-state index contributed by atoms with van der Waals surface area (Å²) in [4.78, 5) is 2.29. The maximum Gasteiger partial charge on any atom is 0.151 e. The fraction of sp³-hybridized carbons (Fsp3) is 0. The van der Waals surface area contributed by atoms with Crippen LogP contribution in [0.2, 0.25) is 0 Å². The van der Waals surface area contributed by atoms with Gasteiger partial charge < -0.3 is 15.0 Å². The van der Waals surface area contributed by atoms with Crippen molar-refractivity contribution in [1.82, 2.24) is 4.68 Å². The highest BCUT2D eigenvalue weighted by atomic mass is 16.5. The van der Waals surface area contributed by atoms with Crippen molar-refractivity contribution in [3.63, 3.8) is 0 Å². The molecule has 9 aromatic carbocycles. The fourth-order valence-electron chi connectivity index (χ4n) is 8.59. The van der Waals surface area contributed by atoms with Crippen LogP contribution >= 0.6 is 0 Å². The molecule has 5 nitrogen and oxygen atoms in total. The van der Waals surface area contributed by atoms with Crippen molar-refractivity contribution in [3.05, 3.63) is 230 Å². The van der Waals surface area contributed by atoms with E-state index < -0.39 is 0 Å². The Morgan fingerprint density at radius 2 is 1.13 bits per heavy atom. The molecule has 0 fully saturated rings. The molecule has 0 aliphatic carbocycles. The van der Waals surface area contributed by atoms with Crippen LogP contribution in [0.5, 0.6) is 11.5 Å². The van der Waals surface area contributed by atoms with E-state index in [-0.39, 0.29) is 0 Å². The minimum Gasteiger partial charge on any atom is -0.453 e. The Hall–Kier alpha value is -8.15. The lowest BCUT2D eigenvalue weighted by atomic mass is 9.96. The third-order valence-electron chi connectivity index (χ3n) is 11.4. The van der Waals surface area contributed by atoms with Gasteiger partial charge in [-0.1, -0.05) is 164 Å². The molecule has 0 bridgehead atoms. The van der Waals surface area contributed by atoms with Gasteiger partial charge in [0.1, 0.15) is 0 Å². The zero-order valence-electron chi connectivity index (χ0n) is 32.6. The molecule has 2 N–H and O–H groups in total. The van der Waals surface area contributed by atoms with Gasteiger partial charge >= 0.3 is 0 Å². The van der Waals surface area contributed by atoms with E-state index in [0.717, 1.165) is 89.4 Å². The molecule has 1 aliphatic heterocycles. The molecule has 1 aromatic heterocycles. The number of hydrogen-bond acceptors (Lipinski definition) is 4. The summed E-state index contributed by atoms with van der Waals surface area (Å²) in [5.41, 5.74) is 16.5. The number of hydrogen-bond donors (Lipinski definition) is 2. The van der Waals surface area contributed by atoms with Crippen molar-refractivity contribution in [2.45, 2.75) is 0 Å². The average molecular weight is 771 g/mol. The van der Waals surface area contributed by atoms with Gasteiger partial charge in [0.05, 0.1) is 33.8 Å². The SMILES string of the molecule is N=C(/C=C(\Nn1c2cccc(-c3ccc4c(c3)N(c3ccccc3)c3ccccc3O4)c2c2c3ccccc3ccc21)c1ccc(-c2ccccc2)cc1)c1ccccc1. The Labute approximate surface area is 348 Å². The third-order valence-corrected chi connectivity index (χ3v) is 11.4. The molecule has 5 heteroatoms. The van der Waals surface area contributed by atoms with E-state index in [0.29, 0.717) is 5.71 Å². The average Bonchev–Trinajstić information content (AvgIpc) is 3.65. The van der Waals surface area contributed by atoms with Gasteiger partial charge in [-0.2, -0.15) is 0 Å². The van der Waals surface area contributed by atoms with Crippen molar-refractivity contribution < 1.29 is 4.74 Å². The van der Waals surface area contributed by atoms with Gasteiger partial charge in [-0.05, 0) is 98.8 Å². The largest absolute Gasteiger partial charge is 0.453 e. The number of rotatable bonds is 8. The Morgan fingerprint density at radius 1 is 0.483 bits per heavy atom. The van der Waals surface area contributed by atoms with Crippen LogP contribution in [0.25, 0.3) is 60.5 Å². The van der Waals surface area contributed by atoms with E-state index in [4.69, 9.17) is 4.74 Å². The number of benzene rings is 9. The summed E-state index contributed by atoms with van der Waals surface area (Å²) in [6.07, 6.45) is 1.94. The monoisotopic (exact) mass is 770 g/mol. The third kappa shape index (κ3) is 6.08. The molecule has 60 heavy (non-hydrogen) atoms. The topological polar surface area (TPSA) is 53.3 Å². The van der Waals surface area contributed by atoms with Crippen LogP contribution in [0.15, 0.2) is 218 Å². The second-order valence-corrected chi connectivity index (χ2v) is 15.0. The van der Waals surface area contributed by atoms with Gasteiger partial charge in [-0.25, -0.2) is 0 Å². The van der Waals surface area contributed by atoms with Crippen LogP contribution in [0.4, 0.5) is 17.1 Å². The summed E-state index contributed by atoms with van der Waals surface area (Å²) in [7, 11) is 0. The number of ether oxygens (including phenoxy) is 1. The number of fused-ring (bicyclic) bond motifs is 7. The van der Waals surface area contributed by atoms with Gasteiger partial charge in [-0.15, -0.1) is 0 Å². The van der Waals surface area contributed by atoms with Crippen molar-refractivity contribution >= 4 is 61.0 Å². The smallest absolute Gasteiger partial charge is 0.151 e. The summed E-state index contributed by atoms with van der Waals surface area (Å²) in [6.45, 7) is 0. The highest BCUT2D eigenvalue weighted by Gasteiger charge is 2.27. The molecular weight excluding hydrogens is 733 g/mol. The number of para-hydroxylation sites is 3. The molecule has 10 aromatic rings. The standard InChI is InChI=1S/C55H38N4O/c56-46(40-18-6-2-7-19-40)36-47(41-29-27-38(28-30-41)37-15-4-1-5-16-37)57-59-49-25-14-23-45(55(49)54-44-22-11-10-17-39(44)31-33-50(54)59)42-32-34-53-51(35-42)58(43-20-8-3-9-21-43)48-24-12-13-26-52(48)60-53/h1-36,56-57H/b47-36-,56-46?. The minimum absolute atomic E-state index is 0.415. The van der Waals surface area contributed by atoms with Gasteiger partial charge in [-0.3, -0.25) is 10.1 Å². The molecule has 11 rings (SSSR count). The van der Waals surface area contributed by atoms with Gasteiger partial charge in [0.25, 0.3) is 0 Å². The number of nitrogens with one attached hydrogen (secondary N) is 2. The van der Waals surface area contributed by atoms with Crippen molar-refractivity contribution in [1.29, 1.82) is 5.41 Å². The molecule has 0 unspecified atom stereocenters. The molecule has 2 heterocycles. The van der Waals surface area contributed by atoms with E-state index in [1.54, 1.807) is 0 Å². The van der Waals surface area contributed by atoms with Crippen LogP contribution < -0.4 is 15.1 Å². The zero-order chi connectivity index (χ0) is 40.0. The lowest BCUT2D eigenvalue weighted by Crippen LogP contribution is -2.15. The second kappa shape index (κ2) is 14.7. The van der Waals surface area contributed by atoms with Crippen LogP contribution in [0.1, 0.15) is 11.1 Å². The zero-order valence-corrected chi connectivity index (χ0v) is 32.6. The Bertz CT molecular complexity index is 3260. The van der Waals surface area contributed by atoms with Crippen LogP contribution in [0, 0.1) is 5.41 Å². The first kappa shape index (κ1) is 35.0. The predicted molar refractivity (Wildman–Crippen MR) is 250 cm³/mol. The lowest BCUT2D eigenvalue weighted by Gasteiger charge is -2.33.